The van der Waals surface area contributed by atoms with Crippen molar-refractivity contribution in [1.82, 2.24) is 20.2 Å². The summed E-state index contributed by atoms with van der Waals surface area (Å²) in [5.74, 6) is 1.81. The van der Waals surface area contributed by atoms with Crippen molar-refractivity contribution >= 4 is 28.4 Å². The lowest BCUT2D eigenvalue weighted by Crippen LogP contribution is -2.09. The Morgan fingerprint density at radius 2 is 2.00 bits per heavy atom. The molecule has 0 saturated carbocycles. The number of rotatable bonds is 6. The highest BCUT2D eigenvalue weighted by Crippen LogP contribution is 2.23. The van der Waals surface area contributed by atoms with Crippen LogP contribution in [0.4, 0.5) is 17.5 Å². The number of fused-ring (bicyclic) bond motifs is 1. The molecule has 2 heterocycles. The van der Waals surface area contributed by atoms with Crippen LogP contribution in [0.2, 0.25) is 0 Å². The molecule has 6 heteroatoms. The van der Waals surface area contributed by atoms with Crippen molar-refractivity contribution in [1.29, 1.82) is 0 Å². The third kappa shape index (κ3) is 3.91. The van der Waals surface area contributed by atoms with Gasteiger partial charge >= 0.3 is 0 Å². The van der Waals surface area contributed by atoms with Gasteiger partial charge in [0.1, 0.15) is 0 Å². The molecule has 0 spiro atoms. The van der Waals surface area contributed by atoms with Crippen LogP contribution in [0.15, 0.2) is 42.7 Å². The molecule has 118 valence electrons. The Kier molecular flexibility index (Phi) is 4.61. The molecule has 0 unspecified atom stereocenters. The average Bonchev–Trinajstić information content (AvgIpc) is 2.55. The van der Waals surface area contributed by atoms with Crippen molar-refractivity contribution in [2.45, 2.75) is 20.3 Å². The normalized spacial score (nSPS) is 10.9. The van der Waals surface area contributed by atoms with Gasteiger partial charge in [0.25, 0.3) is 0 Å². The van der Waals surface area contributed by atoms with Crippen LogP contribution in [-0.4, -0.2) is 26.7 Å². The quantitative estimate of drug-likeness (QED) is 0.724. The molecule has 2 N–H and O–H groups in total. The largest absolute Gasteiger partial charge is 0.353 e. The second kappa shape index (κ2) is 7.00. The minimum atomic E-state index is 0.531. The Labute approximate surface area is 135 Å². The van der Waals surface area contributed by atoms with E-state index in [1.807, 2.05) is 30.3 Å². The fourth-order valence-electron chi connectivity index (χ4n) is 2.25. The van der Waals surface area contributed by atoms with Crippen molar-refractivity contribution in [2.24, 2.45) is 5.92 Å². The monoisotopic (exact) mass is 308 g/mol. The number of benzene rings is 1. The third-order valence-electron chi connectivity index (χ3n) is 3.46. The van der Waals surface area contributed by atoms with E-state index in [0.717, 1.165) is 29.6 Å². The number of hydrogen-bond donors (Lipinski definition) is 2. The zero-order chi connectivity index (χ0) is 16.1. The lowest BCUT2D eigenvalue weighted by atomic mass is 10.1. The highest BCUT2D eigenvalue weighted by molar-refractivity contribution is 5.91. The summed E-state index contributed by atoms with van der Waals surface area (Å²) in [4.78, 5) is 8.87. The average molecular weight is 308 g/mol. The SMILES string of the molecule is CC(C)CCNc1nncc(Nc2cccc3cccnc23)n1. The first-order valence-electron chi connectivity index (χ1n) is 7.77. The smallest absolute Gasteiger partial charge is 0.244 e. The summed E-state index contributed by atoms with van der Waals surface area (Å²) in [5.41, 5.74) is 1.81. The number of anilines is 3. The molecular weight excluding hydrogens is 288 g/mol. The second-order valence-corrected chi connectivity index (χ2v) is 5.78. The van der Waals surface area contributed by atoms with Gasteiger partial charge in [-0.25, -0.2) is 0 Å². The van der Waals surface area contributed by atoms with Crippen molar-refractivity contribution in [3.63, 3.8) is 0 Å². The van der Waals surface area contributed by atoms with Crippen LogP contribution in [0.25, 0.3) is 10.9 Å². The van der Waals surface area contributed by atoms with Gasteiger partial charge in [-0.2, -0.15) is 10.1 Å². The van der Waals surface area contributed by atoms with E-state index in [9.17, 15) is 0 Å². The van der Waals surface area contributed by atoms with E-state index in [-0.39, 0.29) is 0 Å². The van der Waals surface area contributed by atoms with E-state index in [1.165, 1.54) is 0 Å². The van der Waals surface area contributed by atoms with Crippen LogP contribution in [0.3, 0.4) is 0 Å². The van der Waals surface area contributed by atoms with Gasteiger partial charge in [0.2, 0.25) is 5.95 Å². The van der Waals surface area contributed by atoms with E-state index >= 15 is 0 Å². The molecule has 0 saturated heterocycles. The van der Waals surface area contributed by atoms with Crippen LogP contribution in [-0.2, 0) is 0 Å². The summed E-state index contributed by atoms with van der Waals surface area (Å²) >= 11 is 0. The zero-order valence-corrected chi connectivity index (χ0v) is 13.3. The zero-order valence-electron chi connectivity index (χ0n) is 13.3. The maximum atomic E-state index is 4.45. The first-order chi connectivity index (χ1) is 11.2. The first kappa shape index (κ1) is 15.1. The highest BCUT2D eigenvalue weighted by atomic mass is 15.3. The fourth-order valence-corrected chi connectivity index (χ4v) is 2.25. The van der Waals surface area contributed by atoms with Crippen molar-refractivity contribution in [3.05, 3.63) is 42.7 Å². The van der Waals surface area contributed by atoms with Crippen LogP contribution < -0.4 is 10.6 Å². The first-order valence-corrected chi connectivity index (χ1v) is 7.77. The van der Waals surface area contributed by atoms with Gasteiger partial charge in [-0.3, -0.25) is 4.98 Å². The van der Waals surface area contributed by atoms with Gasteiger partial charge in [-0.05, 0) is 24.5 Å². The highest BCUT2D eigenvalue weighted by Gasteiger charge is 2.05. The van der Waals surface area contributed by atoms with Gasteiger partial charge in [0, 0.05) is 18.1 Å². The Morgan fingerprint density at radius 1 is 1.13 bits per heavy atom. The second-order valence-electron chi connectivity index (χ2n) is 5.78. The number of aromatic nitrogens is 4. The van der Waals surface area contributed by atoms with Crippen molar-refractivity contribution in [2.75, 3.05) is 17.2 Å². The maximum absolute atomic E-state index is 4.45. The number of pyridine rings is 1. The molecule has 0 fully saturated rings. The van der Waals surface area contributed by atoms with Gasteiger partial charge in [-0.1, -0.05) is 32.0 Å². The number of nitrogens with one attached hydrogen (secondary N) is 2. The molecule has 3 aromatic rings. The molecule has 3 rings (SSSR count). The van der Waals surface area contributed by atoms with Gasteiger partial charge in [0.05, 0.1) is 17.4 Å². The fraction of sp³-hybridized carbons (Fsp3) is 0.294. The molecule has 23 heavy (non-hydrogen) atoms. The summed E-state index contributed by atoms with van der Waals surface area (Å²) in [6.45, 7) is 5.21. The van der Waals surface area contributed by atoms with Gasteiger partial charge < -0.3 is 10.6 Å². The summed E-state index contributed by atoms with van der Waals surface area (Å²) in [7, 11) is 0. The molecule has 0 aliphatic rings. The molecular formula is C17H20N6. The van der Waals surface area contributed by atoms with Crippen molar-refractivity contribution in [3.8, 4) is 0 Å². The third-order valence-corrected chi connectivity index (χ3v) is 3.46. The topological polar surface area (TPSA) is 75.6 Å². The lowest BCUT2D eigenvalue weighted by Gasteiger charge is -2.10. The Morgan fingerprint density at radius 3 is 2.87 bits per heavy atom. The summed E-state index contributed by atoms with van der Waals surface area (Å²) in [6.07, 6.45) is 4.45. The molecule has 0 amide bonds. The number of nitrogens with zero attached hydrogens (tertiary/aromatic N) is 4. The molecule has 0 bridgehead atoms. The van der Waals surface area contributed by atoms with Crippen LogP contribution in [0.1, 0.15) is 20.3 Å². The molecule has 0 aliphatic carbocycles. The van der Waals surface area contributed by atoms with E-state index in [1.54, 1.807) is 12.4 Å². The predicted molar refractivity (Wildman–Crippen MR) is 92.8 cm³/mol. The number of hydrogen-bond acceptors (Lipinski definition) is 6. The van der Waals surface area contributed by atoms with Crippen LogP contribution >= 0.6 is 0 Å². The van der Waals surface area contributed by atoms with E-state index in [2.05, 4.69) is 44.6 Å². The minimum Gasteiger partial charge on any atom is -0.353 e. The number of para-hydroxylation sites is 1. The molecule has 0 atom stereocenters. The van der Waals surface area contributed by atoms with E-state index in [0.29, 0.717) is 17.7 Å². The van der Waals surface area contributed by atoms with Crippen LogP contribution in [0.5, 0.6) is 0 Å². The molecule has 0 radical (unpaired) electrons. The summed E-state index contributed by atoms with van der Waals surface area (Å²) in [6, 6.07) is 9.95. The standard InChI is InChI=1S/C17H20N6/c1-12(2)8-10-19-17-22-15(11-20-23-17)21-14-7-3-5-13-6-4-9-18-16(13)14/h3-7,9,11-12H,8,10H2,1-2H3,(H2,19,21,22,23). The van der Waals surface area contributed by atoms with Crippen molar-refractivity contribution < 1.29 is 0 Å². The summed E-state index contributed by atoms with van der Waals surface area (Å²) in [5, 5.41) is 15.6. The molecule has 2 aromatic heterocycles. The lowest BCUT2D eigenvalue weighted by molar-refractivity contribution is 0.605. The molecule has 0 aliphatic heterocycles. The Hall–Kier alpha value is -2.76. The maximum Gasteiger partial charge on any atom is 0.244 e. The van der Waals surface area contributed by atoms with Gasteiger partial charge in [-0.15, -0.1) is 5.10 Å². The summed E-state index contributed by atoms with van der Waals surface area (Å²) < 4.78 is 0. The Bertz CT molecular complexity index is 781. The van der Waals surface area contributed by atoms with Gasteiger partial charge in [0.15, 0.2) is 5.82 Å². The Balaban J connectivity index is 1.77. The van der Waals surface area contributed by atoms with E-state index in [4.69, 9.17) is 0 Å². The van der Waals surface area contributed by atoms with Crippen LogP contribution in [0, 0.1) is 5.92 Å². The predicted octanol–water partition coefficient (Wildman–Crippen LogP) is 3.62. The molecule has 1 aromatic carbocycles. The van der Waals surface area contributed by atoms with E-state index < -0.39 is 0 Å². The minimum absolute atomic E-state index is 0.531. The molecule has 6 nitrogen and oxygen atoms in total.